The van der Waals surface area contributed by atoms with Crippen molar-refractivity contribution in [3.05, 3.63) is 83.9 Å². The number of nitrogens with one attached hydrogen (secondary N) is 1. The number of para-hydroxylation sites is 1. The van der Waals surface area contributed by atoms with E-state index < -0.39 is 6.36 Å². The normalized spacial score (nSPS) is 14.7. The van der Waals surface area contributed by atoms with Crippen LogP contribution in [-0.4, -0.2) is 64.4 Å². The van der Waals surface area contributed by atoms with Gasteiger partial charge in [-0.15, -0.1) is 23.4 Å². The molecule has 0 unspecified atom stereocenters. The minimum absolute atomic E-state index is 0.0417. The Hall–Kier alpha value is -4.69. The molecule has 45 heavy (non-hydrogen) atoms. The highest BCUT2D eigenvalue weighted by molar-refractivity contribution is 8.15. The number of carbonyl (C=O) groups excluding carboxylic acids is 1. The van der Waals surface area contributed by atoms with Gasteiger partial charge in [-0.2, -0.15) is 14.8 Å². The first-order valence-corrected chi connectivity index (χ1v) is 14.9. The number of hydrogen-bond donors (Lipinski definition) is 1. The Morgan fingerprint density at radius 2 is 1.80 bits per heavy atom. The van der Waals surface area contributed by atoms with Gasteiger partial charge in [0.15, 0.2) is 11.0 Å². The standard InChI is InChI=1S/C31H30F3N7O3S/c1-20(2)25-6-4-5-7-26(25)40-27(42)19-45-30(40)38-36-18-21-8-10-22(11-9-21)28-37-29(35-16-17-43-3)41(39-28)23-12-14-24(15-13-23)44-31(32,33)34/h4-15,18,20H,16-17,19H2,1-3H3,(H,35,37,39). The number of carbonyl (C=O) groups is 1. The SMILES string of the molecule is COCCNc1nc(-c2ccc(C=NN=C3SCC(=O)N3c3ccccc3C(C)C)cc2)nn1-c1ccc(OC(F)(F)F)cc1. The fourth-order valence-corrected chi connectivity index (χ4v) is 5.31. The molecule has 1 aliphatic rings. The van der Waals surface area contributed by atoms with Crippen molar-refractivity contribution in [3.63, 3.8) is 0 Å². The van der Waals surface area contributed by atoms with Crippen molar-refractivity contribution in [2.24, 2.45) is 10.2 Å². The average Bonchev–Trinajstić information content (AvgIpc) is 3.60. The number of nitrogens with zero attached hydrogens (tertiary/aromatic N) is 6. The summed E-state index contributed by atoms with van der Waals surface area (Å²) >= 11 is 1.34. The topological polar surface area (TPSA) is 106 Å². The third kappa shape index (κ3) is 7.88. The van der Waals surface area contributed by atoms with Gasteiger partial charge in [-0.25, -0.2) is 0 Å². The quantitative estimate of drug-likeness (QED) is 0.114. The first-order valence-electron chi connectivity index (χ1n) is 13.9. The van der Waals surface area contributed by atoms with Crippen LogP contribution in [0.25, 0.3) is 17.1 Å². The number of anilines is 2. The Balaban J connectivity index is 1.34. The zero-order valence-corrected chi connectivity index (χ0v) is 25.5. The Morgan fingerprint density at radius 3 is 2.49 bits per heavy atom. The molecule has 2 heterocycles. The molecule has 5 rings (SSSR count). The van der Waals surface area contributed by atoms with E-state index in [1.165, 1.54) is 40.7 Å². The van der Waals surface area contributed by atoms with Gasteiger partial charge >= 0.3 is 6.36 Å². The monoisotopic (exact) mass is 637 g/mol. The number of amides is 1. The van der Waals surface area contributed by atoms with Crippen LogP contribution in [-0.2, 0) is 9.53 Å². The van der Waals surface area contributed by atoms with E-state index in [0.717, 1.165) is 16.8 Å². The van der Waals surface area contributed by atoms with E-state index in [-0.39, 0.29) is 17.6 Å². The Bertz CT molecular complexity index is 1690. The summed E-state index contributed by atoms with van der Waals surface area (Å²) in [5.41, 5.74) is 3.83. The molecule has 1 saturated heterocycles. The van der Waals surface area contributed by atoms with Gasteiger partial charge < -0.3 is 14.8 Å². The third-order valence-electron chi connectivity index (χ3n) is 6.60. The summed E-state index contributed by atoms with van der Waals surface area (Å²) in [6.07, 6.45) is -3.19. The number of benzene rings is 3. The fraction of sp³-hybridized carbons (Fsp3) is 0.258. The molecule has 0 spiro atoms. The van der Waals surface area contributed by atoms with Crippen LogP contribution in [0.2, 0.25) is 0 Å². The lowest BCUT2D eigenvalue weighted by Gasteiger charge is -2.20. The first kappa shape index (κ1) is 31.7. The number of rotatable bonds is 11. The Morgan fingerprint density at radius 1 is 1.07 bits per heavy atom. The van der Waals surface area contributed by atoms with Crippen LogP contribution < -0.4 is 15.0 Å². The number of alkyl halides is 3. The lowest BCUT2D eigenvalue weighted by molar-refractivity contribution is -0.274. The van der Waals surface area contributed by atoms with Crippen LogP contribution in [0.3, 0.4) is 0 Å². The molecule has 1 amide bonds. The van der Waals surface area contributed by atoms with E-state index in [2.05, 4.69) is 44.2 Å². The van der Waals surface area contributed by atoms with E-state index in [1.807, 2.05) is 48.5 Å². The molecule has 10 nitrogen and oxygen atoms in total. The van der Waals surface area contributed by atoms with Crippen molar-refractivity contribution in [3.8, 4) is 22.8 Å². The maximum atomic E-state index is 12.7. The van der Waals surface area contributed by atoms with E-state index in [9.17, 15) is 18.0 Å². The van der Waals surface area contributed by atoms with E-state index in [4.69, 9.17) is 4.74 Å². The summed E-state index contributed by atoms with van der Waals surface area (Å²) in [5.74, 6) is 0.936. The molecule has 4 aromatic rings. The van der Waals surface area contributed by atoms with Crippen LogP contribution in [0, 0.1) is 0 Å². The number of aromatic nitrogens is 3. The summed E-state index contributed by atoms with van der Waals surface area (Å²) in [4.78, 5) is 18.9. The molecule has 0 aliphatic carbocycles. The Kier molecular flexibility index (Phi) is 9.83. The van der Waals surface area contributed by atoms with Gasteiger partial charge in [0.25, 0.3) is 0 Å². The number of ether oxygens (including phenoxy) is 2. The maximum absolute atomic E-state index is 12.7. The predicted octanol–water partition coefficient (Wildman–Crippen LogP) is 6.48. The molecule has 3 aromatic carbocycles. The van der Waals surface area contributed by atoms with Crippen LogP contribution in [0.1, 0.15) is 30.9 Å². The largest absolute Gasteiger partial charge is 0.573 e. The zero-order valence-electron chi connectivity index (χ0n) is 24.7. The number of hydrogen-bond acceptors (Lipinski definition) is 9. The highest BCUT2D eigenvalue weighted by atomic mass is 32.2. The smallest absolute Gasteiger partial charge is 0.406 e. The van der Waals surface area contributed by atoms with Gasteiger partial charge in [0.05, 0.1) is 29.9 Å². The third-order valence-corrected chi connectivity index (χ3v) is 7.51. The van der Waals surface area contributed by atoms with Crippen molar-refractivity contribution in [1.29, 1.82) is 0 Å². The molecule has 234 valence electrons. The van der Waals surface area contributed by atoms with Gasteiger partial charge in [-0.3, -0.25) is 9.69 Å². The molecule has 0 bridgehead atoms. The molecule has 1 fully saturated rings. The summed E-state index contributed by atoms with van der Waals surface area (Å²) in [6, 6.07) is 20.4. The number of halogens is 3. The van der Waals surface area contributed by atoms with Gasteiger partial charge in [0.2, 0.25) is 11.9 Å². The zero-order chi connectivity index (χ0) is 32.0. The van der Waals surface area contributed by atoms with Crippen LogP contribution in [0.15, 0.2) is 83.0 Å². The summed E-state index contributed by atoms with van der Waals surface area (Å²) in [5, 5.41) is 16.8. The molecule has 1 N–H and O–H groups in total. The highest BCUT2D eigenvalue weighted by Crippen LogP contribution is 2.33. The number of amidine groups is 1. The molecule has 0 saturated carbocycles. The summed E-state index contributed by atoms with van der Waals surface area (Å²) in [6.45, 7) is 5.01. The van der Waals surface area contributed by atoms with Gasteiger partial charge in [-0.1, -0.05) is 68.1 Å². The first-order chi connectivity index (χ1) is 21.6. The van der Waals surface area contributed by atoms with Crippen molar-refractivity contribution in [1.82, 2.24) is 14.8 Å². The van der Waals surface area contributed by atoms with Crippen molar-refractivity contribution < 1.29 is 27.4 Å². The maximum Gasteiger partial charge on any atom is 0.573 e. The van der Waals surface area contributed by atoms with E-state index in [0.29, 0.717) is 47.1 Å². The van der Waals surface area contributed by atoms with Crippen LogP contribution >= 0.6 is 11.8 Å². The fourth-order valence-electron chi connectivity index (χ4n) is 4.50. The van der Waals surface area contributed by atoms with Crippen molar-refractivity contribution >= 4 is 40.7 Å². The lowest BCUT2D eigenvalue weighted by Crippen LogP contribution is -2.30. The van der Waals surface area contributed by atoms with Gasteiger partial charge in [-0.05, 0) is 47.4 Å². The minimum Gasteiger partial charge on any atom is -0.406 e. The lowest BCUT2D eigenvalue weighted by atomic mass is 10.0. The minimum atomic E-state index is -4.78. The average molecular weight is 638 g/mol. The molecule has 1 aliphatic heterocycles. The molecule has 0 atom stereocenters. The molecule has 1 aromatic heterocycles. The second-order valence-electron chi connectivity index (χ2n) is 10.1. The predicted molar refractivity (Wildman–Crippen MR) is 169 cm³/mol. The van der Waals surface area contributed by atoms with Gasteiger partial charge in [0.1, 0.15) is 5.75 Å². The second kappa shape index (κ2) is 13.9. The molecule has 0 radical (unpaired) electrons. The van der Waals surface area contributed by atoms with Crippen molar-refractivity contribution in [2.45, 2.75) is 26.1 Å². The van der Waals surface area contributed by atoms with Crippen LogP contribution in [0.5, 0.6) is 5.75 Å². The highest BCUT2D eigenvalue weighted by Gasteiger charge is 2.32. The van der Waals surface area contributed by atoms with E-state index in [1.54, 1.807) is 18.2 Å². The van der Waals surface area contributed by atoms with Gasteiger partial charge in [0, 0.05) is 19.2 Å². The van der Waals surface area contributed by atoms with Crippen molar-refractivity contribution in [2.75, 3.05) is 36.2 Å². The molecular weight excluding hydrogens is 607 g/mol. The number of methoxy groups -OCH3 is 1. The Labute approximate surface area is 262 Å². The number of thioether (sulfide) groups is 1. The van der Waals surface area contributed by atoms with Crippen LogP contribution in [0.4, 0.5) is 24.8 Å². The molecule has 14 heteroatoms. The summed E-state index contributed by atoms with van der Waals surface area (Å²) < 4.78 is 48.3. The molecular formula is C31H30F3N7O3S. The second-order valence-corrected chi connectivity index (χ2v) is 11.1. The van der Waals surface area contributed by atoms with E-state index >= 15 is 0 Å². The summed E-state index contributed by atoms with van der Waals surface area (Å²) in [7, 11) is 1.57.